The van der Waals surface area contributed by atoms with E-state index in [1.165, 1.54) is 12.4 Å². The van der Waals surface area contributed by atoms with Crippen LogP contribution in [0.15, 0.2) is 54.4 Å². The van der Waals surface area contributed by atoms with Crippen LogP contribution in [0.5, 0.6) is 0 Å². The van der Waals surface area contributed by atoms with E-state index in [0.717, 1.165) is 49.6 Å². The maximum Gasteiger partial charge on any atom is 0.0745 e. The van der Waals surface area contributed by atoms with Crippen LogP contribution in [0.2, 0.25) is 0 Å². The summed E-state index contributed by atoms with van der Waals surface area (Å²) in [4.78, 5) is 10.3. The molecule has 152 valence electrons. The standard InChI is InChI=1S/C21H24N4O2S2/c1-14-6-16(20(28)18(8-14)12-24-26)10-22-4-3-5-23-11-17-7-15(2)9-19(13-25-27)21(17)29/h6-13,26-29H,3-5H2,1-2H3/b22-10?,23-11?,24-12+,25-13+. The lowest BCUT2D eigenvalue weighted by molar-refractivity contribution is 0.321. The van der Waals surface area contributed by atoms with E-state index in [2.05, 4.69) is 45.6 Å². The highest BCUT2D eigenvalue weighted by molar-refractivity contribution is 7.80. The number of benzene rings is 2. The second-order valence-electron chi connectivity index (χ2n) is 6.50. The molecule has 6 nitrogen and oxygen atoms in total. The summed E-state index contributed by atoms with van der Waals surface area (Å²) in [6.07, 6.45) is 7.08. The third-order valence-corrected chi connectivity index (χ3v) is 5.09. The molecule has 0 saturated heterocycles. The van der Waals surface area contributed by atoms with Gasteiger partial charge in [-0.2, -0.15) is 0 Å². The van der Waals surface area contributed by atoms with E-state index < -0.39 is 0 Å². The fourth-order valence-electron chi connectivity index (χ4n) is 2.77. The van der Waals surface area contributed by atoms with Crippen molar-refractivity contribution < 1.29 is 10.4 Å². The molecule has 2 aromatic rings. The van der Waals surface area contributed by atoms with E-state index in [1.807, 2.05) is 38.1 Å². The van der Waals surface area contributed by atoms with Crippen molar-refractivity contribution in [2.24, 2.45) is 20.3 Å². The van der Waals surface area contributed by atoms with E-state index in [0.29, 0.717) is 13.1 Å². The summed E-state index contributed by atoms with van der Waals surface area (Å²) in [7, 11) is 0. The molecule has 0 spiro atoms. The van der Waals surface area contributed by atoms with Gasteiger partial charge in [0.2, 0.25) is 0 Å². The normalized spacial score (nSPS) is 12.3. The molecule has 2 aromatic carbocycles. The lowest BCUT2D eigenvalue weighted by Gasteiger charge is -2.06. The van der Waals surface area contributed by atoms with Crippen LogP contribution in [0.25, 0.3) is 0 Å². The van der Waals surface area contributed by atoms with Gasteiger partial charge in [0.1, 0.15) is 0 Å². The Morgan fingerprint density at radius 1 is 0.690 bits per heavy atom. The van der Waals surface area contributed by atoms with Gasteiger partial charge >= 0.3 is 0 Å². The monoisotopic (exact) mass is 428 g/mol. The predicted octanol–water partition coefficient (Wildman–Crippen LogP) is 4.43. The van der Waals surface area contributed by atoms with Gasteiger partial charge in [-0.1, -0.05) is 10.3 Å². The predicted molar refractivity (Wildman–Crippen MR) is 125 cm³/mol. The van der Waals surface area contributed by atoms with Crippen molar-refractivity contribution in [3.05, 3.63) is 57.6 Å². The number of nitrogens with zero attached hydrogens (tertiary/aromatic N) is 4. The zero-order valence-electron chi connectivity index (χ0n) is 16.3. The van der Waals surface area contributed by atoms with Crippen LogP contribution < -0.4 is 0 Å². The molecule has 0 bridgehead atoms. The molecule has 8 heteroatoms. The van der Waals surface area contributed by atoms with Crippen LogP contribution in [0.3, 0.4) is 0 Å². The largest absolute Gasteiger partial charge is 0.411 e. The lowest BCUT2D eigenvalue weighted by Crippen LogP contribution is -1.96. The number of rotatable bonds is 8. The van der Waals surface area contributed by atoms with Gasteiger partial charge in [0.15, 0.2) is 0 Å². The molecule has 0 unspecified atom stereocenters. The smallest absolute Gasteiger partial charge is 0.0745 e. The molecule has 0 amide bonds. The van der Waals surface area contributed by atoms with Gasteiger partial charge in [-0.15, -0.1) is 25.3 Å². The number of hydrogen-bond donors (Lipinski definition) is 4. The molecule has 0 radical (unpaired) electrons. The summed E-state index contributed by atoms with van der Waals surface area (Å²) in [5, 5.41) is 23.6. The van der Waals surface area contributed by atoms with Crippen LogP contribution in [-0.4, -0.2) is 48.4 Å². The van der Waals surface area contributed by atoms with Crippen molar-refractivity contribution in [3.8, 4) is 0 Å². The van der Waals surface area contributed by atoms with Crippen LogP contribution in [0, 0.1) is 13.8 Å². The molecular formula is C21H24N4O2S2. The molecule has 0 heterocycles. The van der Waals surface area contributed by atoms with Crippen LogP contribution in [-0.2, 0) is 0 Å². The van der Waals surface area contributed by atoms with E-state index in [1.54, 1.807) is 12.4 Å². The SMILES string of the molecule is Cc1cc(C=NCCCN=Cc2cc(C)cc(/C=N/O)c2S)c(S)c(/C=N/O)c1. The van der Waals surface area contributed by atoms with E-state index >= 15 is 0 Å². The van der Waals surface area contributed by atoms with Gasteiger partial charge in [0.25, 0.3) is 0 Å². The first-order valence-corrected chi connectivity index (χ1v) is 9.87. The summed E-state index contributed by atoms with van der Waals surface area (Å²) in [6, 6.07) is 7.76. The summed E-state index contributed by atoms with van der Waals surface area (Å²) in [5.74, 6) is 0. The Kier molecular flexibility index (Phi) is 8.95. The first-order chi connectivity index (χ1) is 14.0. The highest BCUT2D eigenvalue weighted by atomic mass is 32.1. The second kappa shape index (κ2) is 11.4. The Labute approximate surface area is 181 Å². The fourth-order valence-corrected chi connectivity index (χ4v) is 3.26. The van der Waals surface area contributed by atoms with Crippen molar-refractivity contribution in [3.63, 3.8) is 0 Å². The van der Waals surface area contributed by atoms with Gasteiger partial charge in [0, 0.05) is 57.6 Å². The quantitative estimate of drug-likeness (QED) is 0.165. The van der Waals surface area contributed by atoms with Crippen LogP contribution >= 0.6 is 25.3 Å². The minimum absolute atomic E-state index is 0.631. The maximum atomic E-state index is 8.75. The molecule has 0 aromatic heterocycles. The lowest BCUT2D eigenvalue weighted by atomic mass is 10.1. The zero-order valence-corrected chi connectivity index (χ0v) is 18.1. The van der Waals surface area contributed by atoms with E-state index in [4.69, 9.17) is 10.4 Å². The minimum Gasteiger partial charge on any atom is -0.411 e. The van der Waals surface area contributed by atoms with Crippen molar-refractivity contribution >= 4 is 50.1 Å². The van der Waals surface area contributed by atoms with Gasteiger partial charge in [-0.05, 0) is 55.7 Å². The molecule has 0 aliphatic heterocycles. The molecule has 0 aliphatic carbocycles. The van der Waals surface area contributed by atoms with E-state index in [9.17, 15) is 0 Å². The highest BCUT2D eigenvalue weighted by Gasteiger charge is 2.04. The Morgan fingerprint density at radius 3 is 1.38 bits per heavy atom. The fraction of sp³-hybridized carbons (Fsp3) is 0.238. The van der Waals surface area contributed by atoms with Crippen LogP contribution in [0.1, 0.15) is 39.8 Å². The maximum absolute atomic E-state index is 8.75. The summed E-state index contributed by atoms with van der Waals surface area (Å²) >= 11 is 8.97. The first-order valence-electron chi connectivity index (χ1n) is 8.98. The average Bonchev–Trinajstić information content (AvgIpc) is 2.68. The number of aliphatic imine (C=N–C) groups is 2. The summed E-state index contributed by atoms with van der Waals surface area (Å²) < 4.78 is 0. The van der Waals surface area contributed by atoms with Gasteiger partial charge in [-0.3, -0.25) is 9.98 Å². The molecule has 0 aliphatic rings. The number of thiol groups is 2. The second-order valence-corrected chi connectivity index (χ2v) is 7.39. The highest BCUT2D eigenvalue weighted by Crippen LogP contribution is 2.20. The third-order valence-electron chi connectivity index (χ3n) is 4.06. The molecule has 0 saturated carbocycles. The molecule has 29 heavy (non-hydrogen) atoms. The van der Waals surface area contributed by atoms with Crippen molar-refractivity contribution in [1.29, 1.82) is 0 Å². The Bertz CT molecular complexity index is 892. The van der Waals surface area contributed by atoms with Crippen molar-refractivity contribution in [2.75, 3.05) is 13.1 Å². The van der Waals surface area contributed by atoms with Gasteiger partial charge in [-0.25, -0.2) is 0 Å². The number of aryl methyl sites for hydroxylation is 2. The number of oxime groups is 2. The minimum atomic E-state index is 0.631. The topological polar surface area (TPSA) is 89.9 Å². The first kappa shape index (κ1) is 22.7. The Hall–Kier alpha value is -2.58. The summed E-state index contributed by atoms with van der Waals surface area (Å²) in [6.45, 7) is 5.19. The van der Waals surface area contributed by atoms with Gasteiger partial charge < -0.3 is 10.4 Å². The van der Waals surface area contributed by atoms with Crippen molar-refractivity contribution in [1.82, 2.24) is 0 Å². The van der Waals surface area contributed by atoms with Crippen molar-refractivity contribution in [2.45, 2.75) is 30.1 Å². The Balaban J connectivity index is 1.94. The molecule has 0 fully saturated rings. The third kappa shape index (κ3) is 6.76. The zero-order chi connectivity index (χ0) is 21.2. The number of hydrogen-bond acceptors (Lipinski definition) is 8. The van der Waals surface area contributed by atoms with E-state index in [-0.39, 0.29) is 0 Å². The molecule has 0 atom stereocenters. The van der Waals surface area contributed by atoms with Gasteiger partial charge in [0.05, 0.1) is 12.4 Å². The van der Waals surface area contributed by atoms with Crippen LogP contribution in [0.4, 0.5) is 0 Å². The molecule has 2 N–H and O–H groups in total. The molecule has 2 rings (SSSR count). The average molecular weight is 429 g/mol. The molecular weight excluding hydrogens is 404 g/mol. The Morgan fingerprint density at radius 2 is 1.03 bits per heavy atom. The summed E-state index contributed by atoms with van der Waals surface area (Å²) in [5.41, 5.74) is 5.32.